The minimum absolute atomic E-state index is 0.0644. The smallest absolute Gasteiger partial charge is 0.336 e. The monoisotopic (exact) mass is 411 g/mol. The Kier molecular flexibility index (Phi) is 6.74. The normalized spacial score (nSPS) is 20.2. The van der Waals surface area contributed by atoms with Gasteiger partial charge in [0.15, 0.2) is 6.10 Å². The number of nitrogens with zero attached hydrogens (tertiary/aromatic N) is 1. The summed E-state index contributed by atoms with van der Waals surface area (Å²) in [6.07, 6.45) is 1.35. The molecule has 0 aliphatic carbocycles. The van der Waals surface area contributed by atoms with Crippen LogP contribution in [0.1, 0.15) is 30.1 Å². The van der Waals surface area contributed by atoms with Crippen LogP contribution in [0.5, 0.6) is 11.5 Å². The Morgan fingerprint density at radius 2 is 2.03 bits per heavy atom. The largest absolute Gasteiger partial charge is 0.497 e. The van der Waals surface area contributed by atoms with Crippen LogP contribution in [0.3, 0.4) is 0 Å². The first-order chi connectivity index (χ1) is 14.5. The fourth-order valence-corrected chi connectivity index (χ4v) is 3.32. The number of aliphatic imine (C=N–C) groups is 1. The molecule has 7 nitrogen and oxygen atoms in total. The topological polar surface area (TPSA) is 97.6 Å². The molecule has 0 saturated carbocycles. The van der Waals surface area contributed by atoms with Gasteiger partial charge in [-0.1, -0.05) is 18.2 Å². The van der Waals surface area contributed by atoms with Crippen LogP contribution in [0.15, 0.2) is 66.2 Å². The third-order valence-corrected chi connectivity index (χ3v) is 4.86. The number of hydrogen-bond acceptors (Lipinski definition) is 6. The zero-order valence-electron chi connectivity index (χ0n) is 16.8. The molecule has 1 heterocycles. The first-order valence-corrected chi connectivity index (χ1v) is 9.63. The summed E-state index contributed by atoms with van der Waals surface area (Å²) in [7, 11) is 1.55. The van der Waals surface area contributed by atoms with E-state index in [0.717, 1.165) is 0 Å². The van der Waals surface area contributed by atoms with Gasteiger partial charge in [-0.15, -0.1) is 6.58 Å². The summed E-state index contributed by atoms with van der Waals surface area (Å²) < 4.78 is 16.9. The molecule has 3 rings (SSSR count). The van der Waals surface area contributed by atoms with Gasteiger partial charge in [0.25, 0.3) is 0 Å². The Labute approximate surface area is 175 Å². The fourth-order valence-electron chi connectivity index (χ4n) is 3.32. The van der Waals surface area contributed by atoms with Gasteiger partial charge in [0.1, 0.15) is 11.5 Å². The van der Waals surface area contributed by atoms with E-state index in [4.69, 9.17) is 19.3 Å². The molecule has 158 valence electrons. The number of rotatable bonds is 10. The van der Waals surface area contributed by atoms with Crippen molar-refractivity contribution < 1.29 is 29.2 Å². The van der Waals surface area contributed by atoms with Gasteiger partial charge >= 0.3 is 5.97 Å². The Morgan fingerprint density at radius 3 is 2.67 bits per heavy atom. The van der Waals surface area contributed by atoms with Crippen molar-refractivity contribution in [2.45, 2.75) is 24.5 Å². The second kappa shape index (κ2) is 9.45. The molecular formula is C23H25NO6. The lowest BCUT2D eigenvalue weighted by Gasteiger charge is -2.26. The van der Waals surface area contributed by atoms with Gasteiger partial charge in [0, 0.05) is 25.0 Å². The van der Waals surface area contributed by atoms with E-state index in [0.29, 0.717) is 35.7 Å². The number of carboxylic acid groups (broad SMARTS) is 1. The highest BCUT2D eigenvalue weighted by Crippen LogP contribution is 2.43. The van der Waals surface area contributed by atoms with Crippen LogP contribution in [-0.4, -0.2) is 47.9 Å². The van der Waals surface area contributed by atoms with Crippen molar-refractivity contribution in [3.63, 3.8) is 0 Å². The van der Waals surface area contributed by atoms with E-state index >= 15 is 0 Å². The minimum Gasteiger partial charge on any atom is -0.497 e. The molecule has 2 aromatic rings. The highest BCUT2D eigenvalue weighted by atomic mass is 16.5. The molecule has 30 heavy (non-hydrogen) atoms. The van der Waals surface area contributed by atoms with Crippen LogP contribution in [-0.2, 0) is 9.53 Å². The number of hydrogen-bond donors (Lipinski definition) is 2. The second-order valence-corrected chi connectivity index (χ2v) is 6.86. The molecule has 0 radical (unpaired) electrons. The number of carbonyl (C=O) groups is 1. The van der Waals surface area contributed by atoms with Crippen LogP contribution in [0.25, 0.3) is 0 Å². The van der Waals surface area contributed by atoms with Crippen molar-refractivity contribution in [2.24, 2.45) is 4.99 Å². The lowest BCUT2D eigenvalue weighted by atomic mass is 9.85. The van der Waals surface area contributed by atoms with Crippen molar-refractivity contribution in [1.29, 1.82) is 0 Å². The Morgan fingerprint density at radius 1 is 1.27 bits per heavy atom. The molecule has 0 bridgehead atoms. The SMILES string of the molecule is C=CC[C@@]1(C(=O)O)N=C(c2ccc(OCCCO)cc2)O[C@@H]1c1cccc(OC)c1. The average Bonchev–Trinajstić information content (AvgIpc) is 3.15. The number of aliphatic carboxylic acids is 1. The summed E-state index contributed by atoms with van der Waals surface area (Å²) >= 11 is 0. The maximum absolute atomic E-state index is 12.3. The van der Waals surface area contributed by atoms with E-state index in [1.807, 2.05) is 0 Å². The Bertz CT molecular complexity index is 924. The summed E-state index contributed by atoms with van der Waals surface area (Å²) in [6, 6.07) is 14.2. The lowest BCUT2D eigenvalue weighted by molar-refractivity contribution is -0.146. The van der Waals surface area contributed by atoms with E-state index < -0.39 is 17.6 Å². The van der Waals surface area contributed by atoms with Crippen LogP contribution < -0.4 is 9.47 Å². The van der Waals surface area contributed by atoms with Crippen molar-refractivity contribution in [2.75, 3.05) is 20.3 Å². The maximum atomic E-state index is 12.3. The highest BCUT2D eigenvalue weighted by Gasteiger charge is 2.52. The summed E-state index contributed by atoms with van der Waals surface area (Å²) in [5.74, 6) is 0.403. The van der Waals surface area contributed by atoms with Gasteiger partial charge in [-0.25, -0.2) is 9.79 Å². The molecule has 2 N–H and O–H groups in total. The van der Waals surface area contributed by atoms with Crippen molar-refractivity contribution in [1.82, 2.24) is 0 Å². The van der Waals surface area contributed by atoms with Crippen LogP contribution in [0, 0.1) is 0 Å². The third-order valence-electron chi connectivity index (χ3n) is 4.86. The number of methoxy groups -OCH3 is 1. The average molecular weight is 411 g/mol. The summed E-state index contributed by atoms with van der Waals surface area (Å²) in [6.45, 7) is 4.19. The first kappa shape index (κ1) is 21.4. The second-order valence-electron chi connectivity index (χ2n) is 6.86. The molecule has 0 amide bonds. The number of carboxylic acids is 1. The molecule has 0 fully saturated rings. The predicted molar refractivity (Wildman–Crippen MR) is 112 cm³/mol. The predicted octanol–water partition coefficient (Wildman–Crippen LogP) is 3.37. The first-order valence-electron chi connectivity index (χ1n) is 9.63. The standard InChI is InChI=1S/C23H25NO6/c1-3-12-23(22(26)27)20(17-6-4-7-19(15-17)28-2)30-21(24-23)16-8-10-18(11-9-16)29-14-5-13-25/h3-4,6-11,15,20,25H,1,5,12-14H2,2H3,(H,26,27)/t20-,23-/m1/s1. The third kappa shape index (κ3) is 4.31. The van der Waals surface area contributed by atoms with Gasteiger partial charge in [0.2, 0.25) is 11.4 Å². The van der Waals surface area contributed by atoms with Gasteiger partial charge in [0.05, 0.1) is 13.7 Å². The van der Waals surface area contributed by atoms with E-state index in [2.05, 4.69) is 11.6 Å². The van der Waals surface area contributed by atoms with E-state index in [-0.39, 0.29) is 18.9 Å². The van der Waals surface area contributed by atoms with E-state index in [9.17, 15) is 9.90 Å². The van der Waals surface area contributed by atoms with Gasteiger partial charge < -0.3 is 24.4 Å². The molecular weight excluding hydrogens is 386 g/mol. The lowest BCUT2D eigenvalue weighted by Crippen LogP contribution is -2.40. The molecule has 1 aliphatic heterocycles. The maximum Gasteiger partial charge on any atom is 0.336 e. The van der Waals surface area contributed by atoms with Gasteiger partial charge in [-0.05, 0) is 42.0 Å². The fraction of sp³-hybridized carbons (Fsp3) is 0.304. The van der Waals surface area contributed by atoms with Gasteiger partial charge in [-0.3, -0.25) is 0 Å². The Hall–Kier alpha value is -3.32. The number of aliphatic hydroxyl groups is 1. The minimum atomic E-state index is -1.53. The molecule has 2 atom stereocenters. The van der Waals surface area contributed by atoms with E-state index in [1.165, 1.54) is 6.08 Å². The zero-order chi connectivity index (χ0) is 21.6. The number of ether oxygens (including phenoxy) is 3. The van der Waals surface area contributed by atoms with Crippen molar-refractivity contribution >= 4 is 11.9 Å². The van der Waals surface area contributed by atoms with Crippen LogP contribution >= 0.6 is 0 Å². The van der Waals surface area contributed by atoms with Crippen molar-refractivity contribution in [3.8, 4) is 11.5 Å². The van der Waals surface area contributed by atoms with Crippen molar-refractivity contribution in [3.05, 3.63) is 72.3 Å². The summed E-state index contributed by atoms with van der Waals surface area (Å²) in [5.41, 5.74) is -0.231. The molecule has 7 heteroatoms. The molecule has 0 spiro atoms. The molecule has 0 unspecified atom stereocenters. The molecule has 0 saturated heterocycles. The molecule has 2 aromatic carbocycles. The Balaban J connectivity index is 1.94. The number of benzene rings is 2. The summed E-state index contributed by atoms with van der Waals surface area (Å²) in [5, 5.41) is 18.9. The molecule has 1 aliphatic rings. The van der Waals surface area contributed by atoms with E-state index in [1.54, 1.807) is 55.6 Å². The molecule has 0 aromatic heterocycles. The quantitative estimate of drug-likeness (QED) is 0.460. The highest BCUT2D eigenvalue weighted by molar-refractivity contribution is 5.99. The van der Waals surface area contributed by atoms with Gasteiger partial charge in [-0.2, -0.15) is 0 Å². The van der Waals surface area contributed by atoms with Crippen LogP contribution in [0.4, 0.5) is 0 Å². The summed E-state index contributed by atoms with van der Waals surface area (Å²) in [4.78, 5) is 16.8. The van der Waals surface area contributed by atoms with Crippen LogP contribution in [0.2, 0.25) is 0 Å². The number of aliphatic hydroxyl groups excluding tert-OH is 1. The zero-order valence-corrected chi connectivity index (χ0v) is 16.8.